The molecule has 1 fully saturated rings. The van der Waals surface area contributed by atoms with Crippen LogP contribution in [0, 0.1) is 6.92 Å². The van der Waals surface area contributed by atoms with Crippen molar-refractivity contribution in [3.8, 4) is 0 Å². The maximum atomic E-state index is 12.8. The van der Waals surface area contributed by atoms with Crippen molar-refractivity contribution in [3.63, 3.8) is 0 Å². The molecular weight excluding hydrogens is 260 g/mol. The molecule has 0 bridgehead atoms. The van der Waals surface area contributed by atoms with Crippen LogP contribution < -0.4 is 5.32 Å². The maximum absolute atomic E-state index is 12.8. The molecule has 1 saturated carbocycles. The molecule has 0 saturated heterocycles. The summed E-state index contributed by atoms with van der Waals surface area (Å²) in [5.74, 6) is 0.105. The van der Waals surface area contributed by atoms with E-state index < -0.39 is 0 Å². The van der Waals surface area contributed by atoms with E-state index in [9.17, 15) is 4.79 Å². The van der Waals surface area contributed by atoms with E-state index in [0.29, 0.717) is 6.04 Å². The number of hydrogen-bond donors (Lipinski definition) is 1. The molecule has 0 radical (unpaired) electrons. The number of nitrogens with zero attached hydrogens (tertiary/aromatic N) is 1. The molecule has 0 atom stereocenters. The Labute approximate surface area is 124 Å². The average molecular weight is 280 g/mol. The third-order valence-corrected chi connectivity index (χ3v) is 4.56. The molecule has 1 amide bonds. The van der Waals surface area contributed by atoms with Gasteiger partial charge in [0.25, 0.3) is 5.91 Å². The van der Waals surface area contributed by atoms with Crippen LogP contribution in [0.25, 0.3) is 10.9 Å². The van der Waals surface area contributed by atoms with Crippen LogP contribution in [0.4, 0.5) is 0 Å². The van der Waals surface area contributed by atoms with E-state index in [0.717, 1.165) is 54.3 Å². The van der Waals surface area contributed by atoms with Gasteiger partial charge in [0.05, 0.1) is 11.1 Å². The fraction of sp³-hybridized carbons (Fsp3) is 0.444. The van der Waals surface area contributed by atoms with Gasteiger partial charge in [-0.2, -0.15) is 0 Å². The van der Waals surface area contributed by atoms with Crippen molar-refractivity contribution in [3.05, 3.63) is 40.6 Å². The van der Waals surface area contributed by atoms with Gasteiger partial charge in [-0.05, 0) is 63.1 Å². The third-order valence-electron chi connectivity index (χ3n) is 4.56. The fourth-order valence-corrected chi connectivity index (χ4v) is 3.28. The molecule has 1 aromatic heterocycles. The second-order valence-electron chi connectivity index (χ2n) is 6.39. The zero-order valence-electron chi connectivity index (χ0n) is 12.4. The van der Waals surface area contributed by atoms with Gasteiger partial charge in [0.1, 0.15) is 0 Å². The topological polar surface area (TPSA) is 42.0 Å². The number of hydrogen-bond acceptors (Lipinski definition) is 2. The molecule has 1 aromatic carbocycles. The molecule has 3 heteroatoms. The molecule has 2 aliphatic rings. The smallest absolute Gasteiger partial charge is 0.252 e. The van der Waals surface area contributed by atoms with Crippen LogP contribution in [0.2, 0.25) is 0 Å². The summed E-state index contributed by atoms with van der Waals surface area (Å²) in [6, 6.07) is 6.63. The first-order chi connectivity index (χ1) is 10.2. The van der Waals surface area contributed by atoms with Crippen LogP contribution in [-0.2, 0) is 12.8 Å². The van der Waals surface area contributed by atoms with Gasteiger partial charge >= 0.3 is 0 Å². The average Bonchev–Trinajstić information content (AvgIpc) is 3.28. The molecule has 0 aliphatic heterocycles. The Kier molecular flexibility index (Phi) is 2.95. The number of carbonyl (C=O) groups is 1. The third kappa shape index (κ3) is 2.31. The largest absolute Gasteiger partial charge is 0.349 e. The van der Waals surface area contributed by atoms with Crippen molar-refractivity contribution in [2.45, 2.75) is 51.5 Å². The molecule has 0 spiro atoms. The van der Waals surface area contributed by atoms with Crippen LogP contribution in [0.3, 0.4) is 0 Å². The number of rotatable bonds is 2. The molecule has 21 heavy (non-hydrogen) atoms. The Morgan fingerprint density at radius 3 is 2.86 bits per heavy atom. The van der Waals surface area contributed by atoms with Gasteiger partial charge in [-0.3, -0.25) is 9.78 Å². The van der Waals surface area contributed by atoms with Gasteiger partial charge in [-0.25, -0.2) is 0 Å². The summed E-state index contributed by atoms with van der Waals surface area (Å²) in [5.41, 5.74) is 5.36. The van der Waals surface area contributed by atoms with Crippen molar-refractivity contribution in [1.82, 2.24) is 10.3 Å². The second kappa shape index (κ2) is 4.83. The minimum atomic E-state index is 0.105. The highest BCUT2D eigenvalue weighted by Crippen LogP contribution is 2.30. The van der Waals surface area contributed by atoms with Gasteiger partial charge in [0.2, 0.25) is 0 Å². The van der Waals surface area contributed by atoms with Gasteiger partial charge in [0, 0.05) is 17.1 Å². The van der Waals surface area contributed by atoms with Crippen LogP contribution in [0.1, 0.15) is 52.9 Å². The number of carbonyl (C=O) groups excluding carboxylic acids is 1. The van der Waals surface area contributed by atoms with E-state index in [2.05, 4.69) is 24.4 Å². The maximum Gasteiger partial charge on any atom is 0.252 e. The van der Waals surface area contributed by atoms with E-state index in [1.54, 1.807) is 0 Å². The predicted octanol–water partition coefficient (Wildman–Crippen LogP) is 3.31. The van der Waals surface area contributed by atoms with Crippen LogP contribution >= 0.6 is 0 Å². The SMILES string of the molecule is Cc1ccc2nc3c(c(C(=O)NC4CC4)c2c1)CCCC3. The minimum Gasteiger partial charge on any atom is -0.349 e. The number of nitrogens with one attached hydrogen (secondary N) is 1. The summed E-state index contributed by atoms with van der Waals surface area (Å²) >= 11 is 0. The van der Waals surface area contributed by atoms with Gasteiger partial charge in [0.15, 0.2) is 0 Å². The molecule has 2 aliphatic carbocycles. The van der Waals surface area contributed by atoms with Crippen LogP contribution in [0.5, 0.6) is 0 Å². The summed E-state index contributed by atoms with van der Waals surface area (Å²) in [4.78, 5) is 17.6. The Balaban J connectivity index is 1.93. The van der Waals surface area contributed by atoms with Gasteiger partial charge in [-0.15, -0.1) is 0 Å². The van der Waals surface area contributed by atoms with Crippen molar-refractivity contribution < 1.29 is 4.79 Å². The lowest BCUT2D eigenvalue weighted by atomic mass is 9.89. The highest BCUT2D eigenvalue weighted by molar-refractivity contribution is 6.08. The van der Waals surface area contributed by atoms with E-state index in [1.165, 1.54) is 17.5 Å². The minimum absolute atomic E-state index is 0.105. The van der Waals surface area contributed by atoms with E-state index in [-0.39, 0.29) is 5.91 Å². The zero-order valence-corrected chi connectivity index (χ0v) is 12.4. The first-order valence-electron chi connectivity index (χ1n) is 7.95. The number of pyridine rings is 1. The Morgan fingerprint density at radius 2 is 2.05 bits per heavy atom. The normalized spacial score (nSPS) is 17.6. The monoisotopic (exact) mass is 280 g/mol. The summed E-state index contributed by atoms with van der Waals surface area (Å²) < 4.78 is 0. The summed E-state index contributed by atoms with van der Waals surface area (Å²) in [7, 11) is 0. The summed E-state index contributed by atoms with van der Waals surface area (Å²) in [6.07, 6.45) is 6.57. The molecule has 4 rings (SSSR count). The van der Waals surface area contributed by atoms with Crippen molar-refractivity contribution in [2.24, 2.45) is 0 Å². The Hall–Kier alpha value is -1.90. The molecule has 0 unspecified atom stereocenters. The molecule has 1 N–H and O–H groups in total. The summed E-state index contributed by atoms with van der Waals surface area (Å²) in [5, 5.41) is 4.19. The Morgan fingerprint density at radius 1 is 1.24 bits per heavy atom. The fourth-order valence-electron chi connectivity index (χ4n) is 3.28. The molecule has 2 aromatic rings. The standard InChI is InChI=1S/C18H20N2O/c1-11-6-9-16-14(10-11)17(18(21)19-12-7-8-12)13-4-2-3-5-15(13)20-16/h6,9-10,12H,2-5,7-8H2,1H3,(H,19,21). The van der Waals surface area contributed by atoms with E-state index in [1.807, 2.05) is 6.07 Å². The number of amides is 1. The first-order valence-corrected chi connectivity index (χ1v) is 7.95. The summed E-state index contributed by atoms with van der Waals surface area (Å²) in [6.45, 7) is 2.07. The van der Waals surface area contributed by atoms with Gasteiger partial charge in [-0.1, -0.05) is 11.6 Å². The number of fused-ring (bicyclic) bond motifs is 2. The number of benzene rings is 1. The van der Waals surface area contributed by atoms with Crippen molar-refractivity contribution in [1.29, 1.82) is 0 Å². The predicted molar refractivity (Wildman–Crippen MR) is 83.6 cm³/mol. The molecule has 108 valence electrons. The Bertz CT molecular complexity index is 732. The molecule has 1 heterocycles. The quantitative estimate of drug-likeness (QED) is 0.917. The highest BCUT2D eigenvalue weighted by Gasteiger charge is 2.28. The lowest BCUT2D eigenvalue weighted by Gasteiger charge is -2.20. The van der Waals surface area contributed by atoms with E-state index in [4.69, 9.17) is 4.98 Å². The van der Waals surface area contributed by atoms with Crippen LogP contribution in [0.15, 0.2) is 18.2 Å². The van der Waals surface area contributed by atoms with Crippen molar-refractivity contribution >= 4 is 16.8 Å². The highest BCUT2D eigenvalue weighted by atomic mass is 16.1. The zero-order chi connectivity index (χ0) is 14.4. The van der Waals surface area contributed by atoms with E-state index >= 15 is 0 Å². The molecule has 3 nitrogen and oxygen atoms in total. The first kappa shape index (κ1) is 12.8. The van der Waals surface area contributed by atoms with Crippen LogP contribution in [-0.4, -0.2) is 16.9 Å². The lowest BCUT2D eigenvalue weighted by molar-refractivity contribution is 0.0951. The second-order valence-corrected chi connectivity index (χ2v) is 6.39. The van der Waals surface area contributed by atoms with Crippen molar-refractivity contribution in [2.75, 3.05) is 0 Å². The van der Waals surface area contributed by atoms with Gasteiger partial charge < -0.3 is 5.32 Å². The lowest BCUT2D eigenvalue weighted by Crippen LogP contribution is -2.28. The number of aromatic nitrogens is 1. The molecular formula is C18H20N2O. The number of aryl methyl sites for hydroxylation is 2.